The number of nitrogens with one attached hydrogen (secondary N) is 1. The lowest BCUT2D eigenvalue weighted by molar-refractivity contribution is -0.129. The SMILES string of the molecule is Cc1nnc(NC(=O)C2CC(=O)N(C3CCCC3)C2)s1. The van der Waals surface area contributed by atoms with Crippen LogP contribution in [0.3, 0.4) is 0 Å². The van der Waals surface area contributed by atoms with Gasteiger partial charge in [-0.3, -0.25) is 9.59 Å². The number of carbonyl (C=O) groups is 2. The van der Waals surface area contributed by atoms with Crippen molar-refractivity contribution in [2.45, 2.75) is 45.1 Å². The summed E-state index contributed by atoms with van der Waals surface area (Å²) in [5, 5.41) is 11.8. The fraction of sp³-hybridized carbons (Fsp3) is 0.692. The lowest BCUT2D eigenvalue weighted by Gasteiger charge is -2.23. The topological polar surface area (TPSA) is 75.2 Å². The molecule has 2 fully saturated rings. The second-order valence-electron chi connectivity index (χ2n) is 5.50. The highest BCUT2D eigenvalue weighted by atomic mass is 32.1. The summed E-state index contributed by atoms with van der Waals surface area (Å²) in [6.07, 6.45) is 4.86. The van der Waals surface area contributed by atoms with Gasteiger partial charge in [-0.2, -0.15) is 0 Å². The van der Waals surface area contributed by atoms with Gasteiger partial charge in [-0.1, -0.05) is 24.2 Å². The van der Waals surface area contributed by atoms with Crippen LogP contribution in [0.15, 0.2) is 0 Å². The largest absolute Gasteiger partial charge is 0.339 e. The summed E-state index contributed by atoms with van der Waals surface area (Å²) in [6.45, 7) is 2.39. The molecule has 3 rings (SSSR count). The summed E-state index contributed by atoms with van der Waals surface area (Å²) >= 11 is 1.35. The number of hydrogen-bond donors (Lipinski definition) is 1. The van der Waals surface area contributed by atoms with E-state index >= 15 is 0 Å². The van der Waals surface area contributed by atoms with E-state index in [0.29, 0.717) is 24.1 Å². The zero-order valence-corrected chi connectivity index (χ0v) is 12.3. The highest BCUT2D eigenvalue weighted by molar-refractivity contribution is 7.15. The second kappa shape index (κ2) is 5.47. The highest BCUT2D eigenvalue weighted by Gasteiger charge is 2.38. The fourth-order valence-electron chi connectivity index (χ4n) is 3.03. The maximum atomic E-state index is 12.2. The minimum atomic E-state index is -0.257. The van der Waals surface area contributed by atoms with E-state index in [-0.39, 0.29) is 17.7 Å². The average Bonchev–Trinajstić information content (AvgIpc) is 3.10. The first-order valence-corrected chi connectivity index (χ1v) is 7.85. The first kappa shape index (κ1) is 13.5. The molecule has 0 bridgehead atoms. The van der Waals surface area contributed by atoms with Gasteiger partial charge in [0.1, 0.15) is 5.01 Å². The standard InChI is InChI=1S/C13H18N4O2S/c1-8-15-16-13(20-8)14-12(19)9-6-11(18)17(7-9)10-4-2-3-5-10/h9-10H,2-7H2,1H3,(H,14,16,19). The van der Waals surface area contributed by atoms with Gasteiger partial charge in [0.2, 0.25) is 16.9 Å². The summed E-state index contributed by atoms with van der Waals surface area (Å²) in [5.41, 5.74) is 0. The van der Waals surface area contributed by atoms with Crippen LogP contribution in [0.2, 0.25) is 0 Å². The normalized spacial score (nSPS) is 23.6. The lowest BCUT2D eigenvalue weighted by Crippen LogP contribution is -2.35. The van der Waals surface area contributed by atoms with Crippen LogP contribution in [-0.4, -0.2) is 39.5 Å². The van der Waals surface area contributed by atoms with Crippen LogP contribution in [0, 0.1) is 12.8 Å². The number of carbonyl (C=O) groups excluding carboxylic acids is 2. The molecular weight excluding hydrogens is 276 g/mol. The molecule has 6 nitrogen and oxygen atoms in total. The van der Waals surface area contributed by atoms with Crippen molar-refractivity contribution < 1.29 is 9.59 Å². The zero-order chi connectivity index (χ0) is 14.1. The Kier molecular flexibility index (Phi) is 3.69. The third kappa shape index (κ3) is 2.67. The maximum Gasteiger partial charge on any atom is 0.231 e. The molecule has 1 aliphatic heterocycles. The van der Waals surface area contributed by atoms with Crippen molar-refractivity contribution in [3.05, 3.63) is 5.01 Å². The maximum absolute atomic E-state index is 12.2. The fourth-order valence-corrected chi connectivity index (χ4v) is 3.63. The van der Waals surface area contributed by atoms with Crippen molar-refractivity contribution in [2.75, 3.05) is 11.9 Å². The number of anilines is 1. The lowest BCUT2D eigenvalue weighted by atomic mass is 10.1. The van der Waals surface area contributed by atoms with Gasteiger partial charge < -0.3 is 10.2 Å². The molecule has 0 radical (unpaired) electrons. The molecule has 2 amide bonds. The monoisotopic (exact) mass is 294 g/mol. The molecule has 1 unspecified atom stereocenters. The smallest absolute Gasteiger partial charge is 0.231 e. The van der Waals surface area contributed by atoms with Gasteiger partial charge in [0, 0.05) is 19.0 Å². The third-order valence-corrected chi connectivity index (χ3v) is 4.80. The van der Waals surface area contributed by atoms with Gasteiger partial charge in [0.15, 0.2) is 0 Å². The molecule has 1 saturated carbocycles. The molecule has 1 atom stereocenters. The summed E-state index contributed by atoms with van der Waals surface area (Å²) in [5.74, 6) is -0.257. The third-order valence-electron chi connectivity index (χ3n) is 4.05. The van der Waals surface area contributed by atoms with Gasteiger partial charge in [0.25, 0.3) is 0 Å². The van der Waals surface area contributed by atoms with Crippen molar-refractivity contribution in [3.8, 4) is 0 Å². The van der Waals surface area contributed by atoms with Crippen LogP contribution in [0.5, 0.6) is 0 Å². The van der Waals surface area contributed by atoms with E-state index in [1.54, 1.807) is 0 Å². The number of likely N-dealkylation sites (tertiary alicyclic amines) is 1. The minimum Gasteiger partial charge on any atom is -0.339 e. The van der Waals surface area contributed by atoms with Gasteiger partial charge in [-0.05, 0) is 19.8 Å². The Labute approximate surface area is 121 Å². The first-order chi connectivity index (χ1) is 9.63. The van der Waals surface area contributed by atoms with Crippen LogP contribution >= 0.6 is 11.3 Å². The zero-order valence-electron chi connectivity index (χ0n) is 11.5. The quantitative estimate of drug-likeness (QED) is 0.918. The number of hydrogen-bond acceptors (Lipinski definition) is 5. The average molecular weight is 294 g/mol. The van der Waals surface area contributed by atoms with Gasteiger partial charge in [-0.15, -0.1) is 10.2 Å². The summed E-state index contributed by atoms with van der Waals surface area (Å²) in [6, 6.07) is 0.351. The molecule has 2 heterocycles. The van der Waals surface area contributed by atoms with Crippen LogP contribution in [0.1, 0.15) is 37.1 Å². The Morgan fingerprint density at radius 2 is 2.10 bits per heavy atom. The molecule has 108 valence electrons. The van der Waals surface area contributed by atoms with Crippen LogP contribution in [-0.2, 0) is 9.59 Å². The van der Waals surface area contributed by atoms with Gasteiger partial charge in [0.05, 0.1) is 5.92 Å². The Bertz CT molecular complexity index is 524. The second-order valence-corrected chi connectivity index (χ2v) is 6.68. The van der Waals surface area contributed by atoms with E-state index in [1.165, 1.54) is 24.2 Å². The summed E-state index contributed by atoms with van der Waals surface area (Å²) in [7, 11) is 0. The Hall–Kier alpha value is -1.50. The Balaban J connectivity index is 1.60. The molecule has 1 aliphatic carbocycles. The van der Waals surface area contributed by atoms with Crippen LogP contribution in [0.4, 0.5) is 5.13 Å². The number of aromatic nitrogens is 2. The highest BCUT2D eigenvalue weighted by Crippen LogP contribution is 2.30. The molecule has 1 aromatic heterocycles. The minimum absolute atomic E-state index is 0.116. The van der Waals surface area contributed by atoms with E-state index in [4.69, 9.17) is 0 Å². The molecule has 1 saturated heterocycles. The van der Waals surface area contributed by atoms with E-state index in [1.807, 2.05) is 11.8 Å². The first-order valence-electron chi connectivity index (χ1n) is 7.04. The van der Waals surface area contributed by atoms with E-state index < -0.39 is 0 Å². The van der Waals surface area contributed by atoms with Gasteiger partial charge >= 0.3 is 0 Å². The predicted molar refractivity (Wildman–Crippen MR) is 75.4 cm³/mol. The van der Waals surface area contributed by atoms with Crippen molar-refractivity contribution in [1.29, 1.82) is 0 Å². The molecular formula is C13H18N4O2S. The van der Waals surface area contributed by atoms with E-state index in [9.17, 15) is 9.59 Å². The summed E-state index contributed by atoms with van der Waals surface area (Å²) < 4.78 is 0. The molecule has 1 aromatic rings. The molecule has 2 aliphatic rings. The Morgan fingerprint density at radius 1 is 1.35 bits per heavy atom. The molecule has 0 spiro atoms. The summed E-state index contributed by atoms with van der Waals surface area (Å²) in [4.78, 5) is 26.1. The molecule has 20 heavy (non-hydrogen) atoms. The van der Waals surface area contributed by atoms with Crippen molar-refractivity contribution >= 4 is 28.3 Å². The Morgan fingerprint density at radius 3 is 2.75 bits per heavy atom. The van der Waals surface area contributed by atoms with Gasteiger partial charge in [-0.25, -0.2) is 0 Å². The molecule has 0 aromatic carbocycles. The predicted octanol–water partition coefficient (Wildman–Crippen LogP) is 1.58. The van der Waals surface area contributed by atoms with Crippen molar-refractivity contribution in [1.82, 2.24) is 15.1 Å². The van der Waals surface area contributed by atoms with Crippen LogP contribution < -0.4 is 5.32 Å². The number of amides is 2. The van der Waals surface area contributed by atoms with E-state index in [2.05, 4.69) is 15.5 Å². The van der Waals surface area contributed by atoms with Crippen molar-refractivity contribution in [2.24, 2.45) is 5.92 Å². The van der Waals surface area contributed by atoms with Crippen LogP contribution in [0.25, 0.3) is 0 Å². The molecule has 1 N–H and O–H groups in total. The number of aryl methyl sites for hydroxylation is 1. The molecule has 7 heteroatoms. The number of rotatable bonds is 3. The van der Waals surface area contributed by atoms with Crippen molar-refractivity contribution in [3.63, 3.8) is 0 Å². The number of nitrogens with zero attached hydrogens (tertiary/aromatic N) is 3. The van der Waals surface area contributed by atoms with E-state index in [0.717, 1.165) is 17.8 Å².